The van der Waals surface area contributed by atoms with Gasteiger partial charge in [-0.05, 0) is 12.1 Å². The fourth-order valence-electron chi connectivity index (χ4n) is 1.68. The summed E-state index contributed by atoms with van der Waals surface area (Å²) < 4.78 is 1.23. The number of aromatic nitrogens is 3. The normalized spacial score (nSPS) is 10.1. The van der Waals surface area contributed by atoms with Gasteiger partial charge in [0.1, 0.15) is 6.54 Å². The number of nitrogens with one attached hydrogen (secondary N) is 2. The molecule has 8 heteroatoms. The summed E-state index contributed by atoms with van der Waals surface area (Å²) in [5, 5.41) is 17.7. The SMILES string of the molecule is O=C(O)Cn1cc(NC(=O)NCCc2ccccn2)cn1. The number of nitrogens with zero attached hydrogens (tertiary/aromatic N) is 3. The van der Waals surface area contributed by atoms with Crippen molar-refractivity contribution in [1.82, 2.24) is 20.1 Å². The number of pyridine rings is 1. The van der Waals surface area contributed by atoms with E-state index >= 15 is 0 Å². The first-order valence-corrected chi connectivity index (χ1v) is 6.32. The average Bonchev–Trinajstić information content (AvgIpc) is 2.86. The van der Waals surface area contributed by atoms with E-state index in [0.29, 0.717) is 18.7 Å². The molecule has 2 rings (SSSR count). The first-order valence-electron chi connectivity index (χ1n) is 6.32. The summed E-state index contributed by atoms with van der Waals surface area (Å²) in [4.78, 5) is 26.3. The molecule has 0 atom stereocenters. The molecule has 3 N–H and O–H groups in total. The lowest BCUT2D eigenvalue weighted by Gasteiger charge is -2.05. The van der Waals surface area contributed by atoms with Crippen molar-refractivity contribution in [1.29, 1.82) is 0 Å². The molecule has 0 aliphatic heterocycles. The summed E-state index contributed by atoms with van der Waals surface area (Å²) in [5.74, 6) is -0.996. The molecule has 2 heterocycles. The quantitative estimate of drug-likeness (QED) is 0.726. The van der Waals surface area contributed by atoms with Gasteiger partial charge in [-0.1, -0.05) is 6.07 Å². The van der Waals surface area contributed by atoms with Crippen LogP contribution in [0.15, 0.2) is 36.8 Å². The van der Waals surface area contributed by atoms with Crippen LogP contribution in [0.3, 0.4) is 0 Å². The minimum absolute atomic E-state index is 0.247. The number of aliphatic carboxylic acids is 1. The summed E-state index contributed by atoms with van der Waals surface area (Å²) >= 11 is 0. The van der Waals surface area contributed by atoms with Crippen LogP contribution in [0.2, 0.25) is 0 Å². The lowest BCUT2D eigenvalue weighted by molar-refractivity contribution is -0.137. The van der Waals surface area contributed by atoms with E-state index in [2.05, 4.69) is 20.7 Å². The molecule has 0 saturated carbocycles. The van der Waals surface area contributed by atoms with Gasteiger partial charge in [-0.15, -0.1) is 0 Å². The van der Waals surface area contributed by atoms with Crippen LogP contribution in [0.25, 0.3) is 0 Å². The summed E-state index contributed by atoms with van der Waals surface area (Å²) in [6, 6.07) is 5.23. The summed E-state index contributed by atoms with van der Waals surface area (Å²) in [5.41, 5.74) is 1.33. The molecule has 110 valence electrons. The molecule has 0 unspecified atom stereocenters. The minimum atomic E-state index is -0.996. The first-order chi connectivity index (χ1) is 10.1. The topological polar surface area (TPSA) is 109 Å². The van der Waals surface area contributed by atoms with Gasteiger partial charge in [0.25, 0.3) is 0 Å². The number of hydrogen-bond donors (Lipinski definition) is 3. The molecule has 0 bridgehead atoms. The fraction of sp³-hybridized carbons (Fsp3) is 0.231. The van der Waals surface area contributed by atoms with Crippen LogP contribution in [-0.4, -0.2) is 38.4 Å². The standard InChI is InChI=1S/C13H15N5O3/c19-12(20)9-18-8-11(7-16-18)17-13(21)15-6-4-10-3-1-2-5-14-10/h1-3,5,7-8H,4,6,9H2,(H,19,20)(H2,15,17,21). The van der Waals surface area contributed by atoms with Gasteiger partial charge >= 0.3 is 12.0 Å². The summed E-state index contributed by atoms with van der Waals surface area (Å²) in [7, 11) is 0. The Morgan fingerprint density at radius 3 is 2.90 bits per heavy atom. The van der Waals surface area contributed by atoms with Crippen molar-refractivity contribution in [3.63, 3.8) is 0 Å². The average molecular weight is 289 g/mol. The highest BCUT2D eigenvalue weighted by Crippen LogP contribution is 2.04. The summed E-state index contributed by atoms with van der Waals surface area (Å²) in [6.07, 6.45) is 5.17. The lowest BCUT2D eigenvalue weighted by Crippen LogP contribution is -2.30. The zero-order chi connectivity index (χ0) is 15.1. The second-order valence-corrected chi connectivity index (χ2v) is 4.27. The molecule has 0 aromatic carbocycles. The van der Waals surface area contributed by atoms with Gasteiger partial charge in [0.15, 0.2) is 0 Å². The highest BCUT2D eigenvalue weighted by molar-refractivity contribution is 5.88. The van der Waals surface area contributed by atoms with Crippen LogP contribution < -0.4 is 10.6 Å². The molecule has 8 nitrogen and oxygen atoms in total. The van der Waals surface area contributed by atoms with E-state index in [1.807, 2.05) is 18.2 Å². The van der Waals surface area contributed by atoms with Gasteiger partial charge in [0.2, 0.25) is 0 Å². The molecule has 2 aromatic rings. The van der Waals surface area contributed by atoms with Crippen LogP contribution in [0.1, 0.15) is 5.69 Å². The smallest absolute Gasteiger partial charge is 0.325 e. The monoisotopic (exact) mass is 289 g/mol. The van der Waals surface area contributed by atoms with Gasteiger partial charge in [-0.3, -0.25) is 14.5 Å². The van der Waals surface area contributed by atoms with E-state index in [0.717, 1.165) is 5.69 Å². The molecule has 0 fully saturated rings. The molecule has 0 aliphatic carbocycles. The lowest BCUT2D eigenvalue weighted by atomic mass is 10.3. The molecule has 0 aliphatic rings. The van der Waals surface area contributed by atoms with Gasteiger partial charge in [-0.25, -0.2) is 4.79 Å². The van der Waals surface area contributed by atoms with E-state index in [9.17, 15) is 9.59 Å². The Balaban J connectivity index is 1.74. The maximum atomic E-state index is 11.6. The number of rotatable bonds is 6. The zero-order valence-corrected chi connectivity index (χ0v) is 11.2. The van der Waals surface area contributed by atoms with Gasteiger partial charge < -0.3 is 15.7 Å². The second-order valence-electron chi connectivity index (χ2n) is 4.27. The Morgan fingerprint density at radius 1 is 1.33 bits per heavy atom. The fourth-order valence-corrected chi connectivity index (χ4v) is 1.68. The molecular weight excluding hydrogens is 274 g/mol. The van der Waals surface area contributed by atoms with Crippen LogP contribution in [-0.2, 0) is 17.8 Å². The molecule has 21 heavy (non-hydrogen) atoms. The third kappa shape index (κ3) is 4.94. The number of carboxylic acids is 1. The first kappa shape index (κ1) is 14.5. The van der Waals surface area contributed by atoms with E-state index in [1.165, 1.54) is 17.1 Å². The summed E-state index contributed by atoms with van der Waals surface area (Å²) in [6.45, 7) is 0.203. The molecule has 0 saturated heterocycles. The molecule has 0 radical (unpaired) electrons. The number of hydrogen-bond acceptors (Lipinski definition) is 4. The minimum Gasteiger partial charge on any atom is -0.480 e. The number of urea groups is 1. The molecule has 2 amide bonds. The molecule has 2 aromatic heterocycles. The number of carbonyl (C=O) groups excluding carboxylic acids is 1. The highest BCUT2D eigenvalue weighted by Gasteiger charge is 2.05. The van der Waals surface area contributed by atoms with Crippen molar-refractivity contribution in [2.45, 2.75) is 13.0 Å². The Bertz CT molecular complexity index is 611. The number of carbonyl (C=O) groups is 2. The van der Waals surface area contributed by atoms with Crippen molar-refractivity contribution in [3.8, 4) is 0 Å². The second kappa shape index (κ2) is 7.04. The number of anilines is 1. The van der Waals surface area contributed by atoms with Crippen molar-refractivity contribution in [3.05, 3.63) is 42.5 Å². The van der Waals surface area contributed by atoms with E-state index < -0.39 is 5.97 Å². The maximum absolute atomic E-state index is 11.6. The Kier molecular flexibility index (Phi) is 4.86. The third-order valence-corrected chi connectivity index (χ3v) is 2.58. The number of carboxylic acid groups (broad SMARTS) is 1. The van der Waals surface area contributed by atoms with Crippen LogP contribution in [0.5, 0.6) is 0 Å². The Morgan fingerprint density at radius 2 is 2.19 bits per heavy atom. The van der Waals surface area contributed by atoms with E-state index in [-0.39, 0.29) is 12.6 Å². The molecular formula is C13H15N5O3. The third-order valence-electron chi connectivity index (χ3n) is 2.58. The van der Waals surface area contributed by atoms with Gasteiger partial charge in [0, 0.05) is 31.1 Å². The van der Waals surface area contributed by atoms with Crippen molar-refractivity contribution in [2.24, 2.45) is 0 Å². The largest absolute Gasteiger partial charge is 0.480 e. The predicted molar refractivity (Wildman–Crippen MR) is 74.8 cm³/mol. The van der Waals surface area contributed by atoms with Crippen molar-refractivity contribution >= 4 is 17.7 Å². The highest BCUT2D eigenvalue weighted by atomic mass is 16.4. The Labute approximate surface area is 120 Å². The van der Waals surface area contributed by atoms with E-state index in [1.54, 1.807) is 6.20 Å². The molecule has 0 spiro atoms. The zero-order valence-electron chi connectivity index (χ0n) is 11.2. The predicted octanol–water partition coefficient (Wildman–Crippen LogP) is 0.727. The van der Waals surface area contributed by atoms with Crippen molar-refractivity contribution in [2.75, 3.05) is 11.9 Å². The van der Waals surface area contributed by atoms with Crippen LogP contribution >= 0.6 is 0 Å². The van der Waals surface area contributed by atoms with Gasteiger partial charge in [0.05, 0.1) is 11.9 Å². The Hall–Kier alpha value is -2.90. The van der Waals surface area contributed by atoms with Crippen LogP contribution in [0.4, 0.5) is 10.5 Å². The van der Waals surface area contributed by atoms with Gasteiger partial charge in [-0.2, -0.15) is 5.10 Å². The number of amides is 2. The maximum Gasteiger partial charge on any atom is 0.325 e. The van der Waals surface area contributed by atoms with E-state index in [4.69, 9.17) is 5.11 Å². The van der Waals surface area contributed by atoms with Crippen molar-refractivity contribution < 1.29 is 14.7 Å². The van der Waals surface area contributed by atoms with Crippen LogP contribution in [0, 0.1) is 0 Å².